The topological polar surface area (TPSA) is 12.0 Å². The van der Waals surface area contributed by atoms with Crippen LogP contribution in [-0.2, 0) is 6.42 Å². The van der Waals surface area contributed by atoms with E-state index in [9.17, 15) is 0 Å². The second kappa shape index (κ2) is 3.93. The van der Waals surface area contributed by atoms with Gasteiger partial charge in [-0.1, -0.05) is 37.6 Å². The molecule has 1 aliphatic rings. The highest BCUT2D eigenvalue weighted by Gasteiger charge is 2.17. The predicted molar refractivity (Wildman–Crippen MR) is 55.8 cm³/mol. The van der Waals surface area contributed by atoms with Gasteiger partial charge in [-0.3, -0.25) is 0 Å². The SMILES string of the molecule is CCCC1NCCc2ccccc21. The molecule has 0 bridgehead atoms. The van der Waals surface area contributed by atoms with Crippen LogP contribution in [0.4, 0.5) is 0 Å². The maximum atomic E-state index is 3.58. The van der Waals surface area contributed by atoms with E-state index in [0.29, 0.717) is 6.04 Å². The van der Waals surface area contributed by atoms with Crippen molar-refractivity contribution in [1.82, 2.24) is 5.32 Å². The van der Waals surface area contributed by atoms with E-state index < -0.39 is 0 Å². The van der Waals surface area contributed by atoms with Gasteiger partial charge >= 0.3 is 0 Å². The van der Waals surface area contributed by atoms with Gasteiger partial charge in [0.15, 0.2) is 0 Å². The van der Waals surface area contributed by atoms with Crippen LogP contribution in [0.3, 0.4) is 0 Å². The minimum absolute atomic E-state index is 0.606. The highest BCUT2D eigenvalue weighted by Crippen LogP contribution is 2.25. The molecule has 1 nitrogen and oxygen atoms in total. The lowest BCUT2D eigenvalue weighted by Crippen LogP contribution is -2.29. The average Bonchev–Trinajstić information content (AvgIpc) is 2.19. The van der Waals surface area contributed by atoms with Crippen LogP contribution in [0.2, 0.25) is 0 Å². The molecule has 1 atom stereocenters. The van der Waals surface area contributed by atoms with Gasteiger partial charge in [0.1, 0.15) is 0 Å². The summed E-state index contributed by atoms with van der Waals surface area (Å²) >= 11 is 0. The Hall–Kier alpha value is -0.820. The van der Waals surface area contributed by atoms with Crippen molar-refractivity contribution >= 4 is 0 Å². The average molecular weight is 175 g/mol. The van der Waals surface area contributed by atoms with E-state index >= 15 is 0 Å². The molecule has 0 aromatic heterocycles. The molecule has 1 aromatic rings. The normalized spacial score (nSPS) is 21.2. The van der Waals surface area contributed by atoms with Gasteiger partial charge in [0.05, 0.1) is 0 Å². The quantitative estimate of drug-likeness (QED) is 0.728. The summed E-state index contributed by atoms with van der Waals surface area (Å²) in [5, 5.41) is 3.58. The molecule has 1 heterocycles. The third-order valence-corrected chi connectivity index (χ3v) is 2.79. The van der Waals surface area contributed by atoms with Gasteiger partial charge in [-0.2, -0.15) is 0 Å². The van der Waals surface area contributed by atoms with E-state index in [1.54, 1.807) is 5.56 Å². The van der Waals surface area contributed by atoms with Crippen LogP contribution in [0.25, 0.3) is 0 Å². The van der Waals surface area contributed by atoms with Gasteiger partial charge in [0.2, 0.25) is 0 Å². The standard InChI is InChI=1S/C12H17N/c1-2-5-12-11-7-4-3-6-10(11)8-9-13-12/h3-4,6-7,12-13H,2,5,8-9H2,1H3. The molecule has 0 fully saturated rings. The molecule has 1 aromatic carbocycles. The summed E-state index contributed by atoms with van der Waals surface area (Å²) in [5.41, 5.74) is 3.07. The monoisotopic (exact) mass is 175 g/mol. The maximum Gasteiger partial charge on any atom is 0.0323 e. The third kappa shape index (κ3) is 1.75. The van der Waals surface area contributed by atoms with Gasteiger partial charge in [0.25, 0.3) is 0 Å². The fourth-order valence-corrected chi connectivity index (χ4v) is 2.14. The minimum Gasteiger partial charge on any atom is -0.310 e. The summed E-state index contributed by atoms with van der Waals surface area (Å²) < 4.78 is 0. The molecule has 70 valence electrons. The highest BCUT2D eigenvalue weighted by atomic mass is 14.9. The summed E-state index contributed by atoms with van der Waals surface area (Å²) in [7, 11) is 0. The van der Waals surface area contributed by atoms with Crippen molar-refractivity contribution in [2.24, 2.45) is 0 Å². The van der Waals surface area contributed by atoms with E-state index in [4.69, 9.17) is 0 Å². The lowest BCUT2D eigenvalue weighted by Gasteiger charge is -2.26. The molecule has 0 aliphatic carbocycles. The van der Waals surface area contributed by atoms with E-state index in [0.717, 1.165) is 6.54 Å². The fraction of sp³-hybridized carbons (Fsp3) is 0.500. The van der Waals surface area contributed by atoms with Crippen LogP contribution in [0.1, 0.15) is 36.9 Å². The zero-order chi connectivity index (χ0) is 9.10. The first-order valence-corrected chi connectivity index (χ1v) is 5.23. The number of hydrogen-bond acceptors (Lipinski definition) is 1. The van der Waals surface area contributed by atoms with Gasteiger partial charge < -0.3 is 5.32 Å². The predicted octanol–water partition coefficient (Wildman–Crippen LogP) is 2.67. The Labute approximate surface area is 80.2 Å². The summed E-state index contributed by atoms with van der Waals surface area (Å²) in [6.45, 7) is 3.39. The fourth-order valence-electron chi connectivity index (χ4n) is 2.14. The van der Waals surface area contributed by atoms with Crippen LogP contribution < -0.4 is 5.32 Å². The second-order valence-electron chi connectivity index (χ2n) is 3.74. The molecule has 0 saturated heterocycles. The van der Waals surface area contributed by atoms with Crippen LogP contribution in [0, 0.1) is 0 Å². The number of rotatable bonds is 2. The Morgan fingerprint density at radius 1 is 1.38 bits per heavy atom. The zero-order valence-electron chi connectivity index (χ0n) is 8.22. The molecule has 13 heavy (non-hydrogen) atoms. The van der Waals surface area contributed by atoms with Gasteiger partial charge in [-0.05, 0) is 30.5 Å². The molecule has 1 heteroatoms. The van der Waals surface area contributed by atoms with Crippen LogP contribution in [0.5, 0.6) is 0 Å². The number of benzene rings is 1. The van der Waals surface area contributed by atoms with Crippen molar-refractivity contribution < 1.29 is 0 Å². The van der Waals surface area contributed by atoms with Crippen molar-refractivity contribution in [3.05, 3.63) is 35.4 Å². The number of nitrogens with one attached hydrogen (secondary N) is 1. The maximum absolute atomic E-state index is 3.58. The van der Waals surface area contributed by atoms with E-state index in [1.807, 2.05) is 0 Å². The van der Waals surface area contributed by atoms with Crippen LogP contribution >= 0.6 is 0 Å². The molecule has 0 spiro atoms. The zero-order valence-corrected chi connectivity index (χ0v) is 8.22. The van der Waals surface area contributed by atoms with Crippen molar-refractivity contribution in [2.45, 2.75) is 32.2 Å². The van der Waals surface area contributed by atoms with Gasteiger partial charge in [-0.25, -0.2) is 0 Å². The number of hydrogen-bond donors (Lipinski definition) is 1. The molecule has 1 unspecified atom stereocenters. The highest BCUT2D eigenvalue weighted by molar-refractivity contribution is 5.32. The lowest BCUT2D eigenvalue weighted by molar-refractivity contribution is 0.471. The molecule has 0 saturated carbocycles. The Kier molecular flexibility index (Phi) is 2.65. The molecule has 2 rings (SSSR count). The Morgan fingerprint density at radius 3 is 3.08 bits per heavy atom. The molecule has 1 N–H and O–H groups in total. The van der Waals surface area contributed by atoms with E-state index in [-0.39, 0.29) is 0 Å². The van der Waals surface area contributed by atoms with Crippen molar-refractivity contribution in [3.8, 4) is 0 Å². The molecular formula is C12H17N. The second-order valence-corrected chi connectivity index (χ2v) is 3.74. The summed E-state index contributed by atoms with van der Waals surface area (Å²) in [6, 6.07) is 9.43. The van der Waals surface area contributed by atoms with E-state index in [1.165, 1.54) is 24.8 Å². The van der Waals surface area contributed by atoms with Crippen LogP contribution in [0.15, 0.2) is 24.3 Å². The first kappa shape index (κ1) is 8.76. The Balaban J connectivity index is 2.26. The molecule has 1 aliphatic heterocycles. The van der Waals surface area contributed by atoms with Gasteiger partial charge in [0, 0.05) is 6.04 Å². The van der Waals surface area contributed by atoms with E-state index in [2.05, 4.69) is 36.5 Å². The first-order valence-electron chi connectivity index (χ1n) is 5.23. The summed E-state index contributed by atoms with van der Waals surface area (Å²) in [4.78, 5) is 0. The lowest BCUT2D eigenvalue weighted by atomic mass is 9.92. The molecular weight excluding hydrogens is 158 g/mol. The Morgan fingerprint density at radius 2 is 2.23 bits per heavy atom. The van der Waals surface area contributed by atoms with Crippen molar-refractivity contribution in [3.63, 3.8) is 0 Å². The van der Waals surface area contributed by atoms with Crippen molar-refractivity contribution in [2.75, 3.05) is 6.54 Å². The van der Waals surface area contributed by atoms with Gasteiger partial charge in [-0.15, -0.1) is 0 Å². The van der Waals surface area contributed by atoms with Crippen LogP contribution in [-0.4, -0.2) is 6.54 Å². The van der Waals surface area contributed by atoms with Crippen molar-refractivity contribution in [1.29, 1.82) is 0 Å². The largest absolute Gasteiger partial charge is 0.310 e. The first-order chi connectivity index (χ1) is 6.42. The summed E-state index contributed by atoms with van der Waals surface area (Å²) in [6.07, 6.45) is 3.71. The Bertz CT molecular complexity index is 280. The molecule has 0 amide bonds. The minimum atomic E-state index is 0.606. The number of fused-ring (bicyclic) bond motifs is 1. The summed E-state index contributed by atoms with van der Waals surface area (Å²) in [5.74, 6) is 0. The third-order valence-electron chi connectivity index (χ3n) is 2.79. The molecule has 0 radical (unpaired) electrons. The smallest absolute Gasteiger partial charge is 0.0323 e.